The minimum Gasteiger partial charge on any atom is -0.490 e. The average molecular weight is 376 g/mol. The Morgan fingerprint density at radius 3 is 2.88 bits per heavy atom. The number of piperidine rings is 1. The van der Waals surface area contributed by atoms with Gasteiger partial charge in [0.2, 0.25) is 0 Å². The number of hydrogen-bond donors (Lipinski definition) is 2. The highest BCUT2D eigenvalue weighted by atomic mass is 35.5. The molecule has 26 heavy (non-hydrogen) atoms. The maximum Gasteiger partial charge on any atom is 0.137 e. The van der Waals surface area contributed by atoms with Crippen LogP contribution in [0.1, 0.15) is 12.8 Å². The van der Waals surface area contributed by atoms with E-state index >= 15 is 0 Å². The van der Waals surface area contributed by atoms with Crippen LogP contribution in [0.15, 0.2) is 36.7 Å². The van der Waals surface area contributed by atoms with Gasteiger partial charge in [0.05, 0.1) is 11.6 Å². The van der Waals surface area contributed by atoms with E-state index in [1.165, 1.54) is 12.8 Å². The molecule has 1 aromatic heterocycles. The van der Waals surface area contributed by atoms with Crippen molar-refractivity contribution in [3.05, 3.63) is 41.7 Å². The zero-order valence-corrected chi connectivity index (χ0v) is 15.9. The van der Waals surface area contributed by atoms with Gasteiger partial charge in [-0.25, -0.2) is 9.97 Å². The van der Waals surface area contributed by atoms with Crippen molar-refractivity contribution < 1.29 is 4.74 Å². The number of nitrogens with zero attached hydrogens (tertiary/aromatic N) is 3. The summed E-state index contributed by atoms with van der Waals surface area (Å²) in [4.78, 5) is 10.9. The highest BCUT2D eigenvalue weighted by Gasteiger charge is 2.16. The molecule has 0 spiro atoms. The summed E-state index contributed by atoms with van der Waals surface area (Å²) in [6, 6.07) is 9.45. The Hall–Kier alpha value is -2.05. The highest BCUT2D eigenvalue weighted by molar-refractivity contribution is 6.32. The van der Waals surface area contributed by atoms with Crippen LogP contribution in [0, 0.1) is 5.92 Å². The van der Waals surface area contributed by atoms with E-state index in [0.717, 1.165) is 37.2 Å². The summed E-state index contributed by atoms with van der Waals surface area (Å²) in [5.41, 5.74) is 0. The van der Waals surface area contributed by atoms with E-state index < -0.39 is 0 Å². The number of hydrogen-bond acceptors (Lipinski definition) is 6. The maximum absolute atomic E-state index is 6.08. The normalized spacial score (nSPS) is 14.8. The molecule has 0 bridgehead atoms. The lowest BCUT2D eigenvalue weighted by Gasteiger charge is -2.28. The summed E-state index contributed by atoms with van der Waals surface area (Å²) in [6.45, 7) is 4.39. The number of halogens is 1. The van der Waals surface area contributed by atoms with Crippen molar-refractivity contribution in [2.24, 2.45) is 5.92 Å². The smallest absolute Gasteiger partial charge is 0.137 e. The first kappa shape index (κ1) is 18.7. The molecule has 2 N–H and O–H groups in total. The van der Waals surface area contributed by atoms with Crippen LogP contribution in [-0.2, 0) is 0 Å². The number of anilines is 2. The molecule has 6 nitrogen and oxygen atoms in total. The molecule has 2 heterocycles. The van der Waals surface area contributed by atoms with E-state index in [2.05, 4.69) is 32.5 Å². The second-order valence-electron chi connectivity index (χ2n) is 6.54. The van der Waals surface area contributed by atoms with Crippen molar-refractivity contribution in [2.45, 2.75) is 12.8 Å². The third-order valence-electron chi connectivity index (χ3n) is 4.54. The fraction of sp³-hybridized carbons (Fsp3) is 0.474. The van der Waals surface area contributed by atoms with Crippen LogP contribution in [-0.4, -0.2) is 49.8 Å². The summed E-state index contributed by atoms with van der Waals surface area (Å²) in [5.74, 6) is 3.15. The van der Waals surface area contributed by atoms with Crippen molar-refractivity contribution >= 4 is 23.2 Å². The number of aromatic nitrogens is 2. The van der Waals surface area contributed by atoms with Gasteiger partial charge in [-0.05, 0) is 44.0 Å². The Kier molecular flexibility index (Phi) is 6.91. The molecule has 0 atom stereocenters. The summed E-state index contributed by atoms with van der Waals surface area (Å²) in [5, 5.41) is 7.31. The highest BCUT2D eigenvalue weighted by Crippen LogP contribution is 2.23. The van der Waals surface area contributed by atoms with Crippen LogP contribution in [0.3, 0.4) is 0 Å². The van der Waals surface area contributed by atoms with Gasteiger partial charge in [-0.3, -0.25) is 0 Å². The quantitative estimate of drug-likeness (QED) is 0.691. The standard InChI is InChI=1S/C19H26ClN5O/c1-25(13-15-6-8-21-9-7-15)19-12-18(23-14-24-19)22-10-11-26-17-5-3-2-4-16(17)20/h2-5,12,14-15,21H,6-11,13H2,1H3,(H,22,23,24). The molecule has 3 rings (SSSR count). The SMILES string of the molecule is CN(CC1CCNCC1)c1cc(NCCOc2ccccc2Cl)ncn1. The molecule has 0 saturated carbocycles. The number of nitrogens with one attached hydrogen (secondary N) is 2. The summed E-state index contributed by atoms with van der Waals surface area (Å²) < 4.78 is 5.68. The Labute approximate surface area is 159 Å². The Balaban J connectivity index is 1.46. The molecule has 7 heteroatoms. The van der Waals surface area contributed by atoms with E-state index in [4.69, 9.17) is 16.3 Å². The monoisotopic (exact) mass is 375 g/mol. The van der Waals surface area contributed by atoms with Gasteiger partial charge in [0, 0.05) is 19.7 Å². The van der Waals surface area contributed by atoms with Crippen LogP contribution < -0.4 is 20.3 Å². The van der Waals surface area contributed by atoms with E-state index in [0.29, 0.717) is 23.9 Å². The topological polar surface area (TPSA) is 62.3 Å². The van der Waals surface area contributed by atoms with Gasteiger partial charge in [-0.1, -0.05) is 23.7 Å². The minimum atomic E-state index is 0.508. The molecule has 0 amide bonds. The Bertz CT molecular complexity index is 693. The molecule has 1 aliphatic heterocycles. The van der Waals surface area contributed by atoms with E-state index in [1.807, 2.05) is 30.3 Å². The van der Waals surface area contributed by atoms with Gasteiger partial charge >= 0.3 is 0 Å². The third-order valence-corrected chi connectivity index (χ3v) is 4.85. The van der Waals surface area contributed by atoms with Crippen molar-refractivity contribution in [3.63, 3.8) is 0 Å². The zero-order chi connectivity index (χ0) is 18.2. The van der Waals surface area contributed by atoms with E-state index in [-0.39, 0.29) is 0 Å². The fourth-order valence-electron chi connectivity index (χ4n) is 3.10. The molecule has 0 unspecified atom stereocenters. The predicted molar refractivity (Wildman–Crippen MR) is 106 cm³/mol. The van der Waals surface area contributed by atoms with Gasteiger partial charge < -0.3 is 20.3 Å². The number of rotatable bonds is 8. The van der Waals surface area contributed by atoms with Gasteiger partial charge in [-0.15, -0.1) is 0 Å². The van der Waals surface area contributed by atoms with Gasteiger partial charge in [0.15, 0.2) is 0 Å². The van der Waals surface area contributed by atoms with Crippen molar-refractivity contribution in [3.8, 4) is 5.75 Å². The van der Waals surface area contributed by atoms with Crippen molar-refractivity contribution in [2.75, 3.05) is 50.1 Å². The van der Waals surface area contributed by atoms with Gasteiger partial charge in [-0.2, -0.15) is 0 Å². The molecule has 1 saturated heterocycles. The predicted octanol–water partition coefficient (Wildman–Crippen LogP) is 3.06. The first-order chi connectivity index (χ1) is 12.7. The largest absolute Gasteiger partial charge is 0.490 e. The van der Waals surface area contributed by atoms with Gasteiger partial charge in [0.25, 0.3) is 0 Å². The molecule has 1 aliphatic rings. The van der Waals surface area contributed by atoms with E-state index in [9.17, 15) is 0 Å². The third kappa shape index (κ3) is 5.47. The molecular formula is C19H26ClN5O. The molecule has 2 aromatic rings. The lowest BCUT2D eigenvalue weighted by atomic mass is 9.98. The first-order valence-electron chi connectivity index (χ1n) is 9.07. The molecule has 1 fully saturated rings. The van der Waals surface area contributed by atoms with Crippen molar-refractivity contribution in [1.29, 1.82) is 0 Å². The fourth-order valence-corrected chi connectivity index (χ4v) is 3.29. The van der Waals surface area contributed by atoms with E-state index in [1.54, 1.807) is 6.33 Å². The second kappa shape index (κ2) is 9.59. The minimum absolute atomic E-state index is 0.508. The molecule has 0 aliphatic carbocycles. The first-order valence-corrected chi connectivity index (χ1v) is 9.45. The summed E-state index contributed by atoms with van der Waals surface area (Å²) >= 11 is 6.08. The molecule has 1 aromatic carbocycles. The lowest BCUT2D eigenvalue weighted by Crippen LogP contribution is -2.34. The molecular weight excluding hydrogens is 350 g/mol. The van der Waals surface area contributed by atoms with Gasteiger partial charge in [0.1, 0.15) is 30.3 Å². The van der Waals surface area contributed by atoms with Crippen molar-refractivity contribution in [1.82, 2.24) is 15.3 Å². The molecule has 140 valence electrons. The Morgan fingerprint density at radius 2 is 2.08 bits per heavy atom. The van der Waals surface area contributed by atoms with Crippen LogP contribution in [0.5, 0.6) is 5.75 Å². The zero-order valence-electron chi connectivity index (χ0n) is 15.1. The number of ether oxygens (including phenoxy) is 1. The Morgan fingerprint density at radius 1 is 1.27 bits per heavy atom. The van der Waals surface area contributed by atoms with Crippen LogP contribution in [0.2, 0.25) is 5.02 Å². The molecule has 0 radical (unpaired) electrons. The van der Waals surface area contributed by atoms with Crippen LogP contribution in [0.4, 0.5) is 11.6 Å². The summed E-state index contributed by atoms with van der Waals surface area (Å²) in [7, 11) is 2.09. The maximum atomic E-state index is 6.08. The second-order valence-corrected chi connectivity index (χ2v) is 6.95. The van der Waals surface area contributed by atoms with Crippen LogP contribution >= 0.6 is 11.6 Å². The average Bonchev–Trinajstić information content (AvgIpc) is 2.67. The number of benzene rings is 1. The lowest BCUT2D eigenvalue weighted by molar-refractivity contribution is 0.333. The van der Waals surface area contributed by atoms with Crippen LogP contribution in [0.25, 0.3) is 0 Å². The summed E-state index contributed by atoms with van der Waals surface area (Å²) in [6.07, 6.45) is 4.05. The number of para-hydroxylation sites is 1.